The number of pyridine rings is 1. The van der Waals surface area contributed by atoms with E-state index in [1.165, 1.54) is 38.4 Å². The van der Waals surface area contributed by atoms with Crippen molar-refractivity contribution in [3.05, 3.63) is 151 Å². The van der Waals surface area contributed by atoms with Crippen LogP contribution < -0.4 is 5.32 Å². The van der Waals surface area contributed by atoms with Gasteiger partial charge in [0.25, 0.3) is 0 Å². The first kappa shape index (κ1) is 26.8. The Balaban J connectivity index is 1.10. The van der Waals surface area contributed by atoms with Crippen molar-refractivity contribution in [1.29, 1.82) is 0 Å². The van der Waals surface area contributed by atoms with Crippen LogP contribution in [-0.2, 0) is 0 Å². The first-order valence-electron chi connectivity index (χ1n) is 15.3. The molecule has 1 unspecified atom stereocenters. The highest BCUT2D eigenvalue weighted by Crippen LogP contribution is 2.40. The molecule has 8 rings (SSSR count). The van der Waals surface area contributed by atoms with Crippen LogP contribution in [0.2, 0.25) is 0 Å². The number of nitrogens with zero attached hydrogens (tertiary/aromatic N) is 2. The van der Waals surface area contributed by atoms with E-state index in [1.807, 2.05) is 19.2 Å². The zero-order chi connectivity index (χ0) is 30.3. The first-order chi connectivity index (χ1) is 22.2. The number of rotatable bonds is 5. The Morgan fingerprint density at radius 1 is 0.711 bits per heavy atom. The fraction of sp³-hybridized carbons (Fsp3) is 0.0476. The van der Waals surface area contributed by atoms with Gasteiger partial charge in [0.05, 0.1) is 22.9 Å². The summed E-state index contributed by atoms with van der Waals surface area (Å²) < 4.78 is 0. The summed E-state index contributed by atoms with van der Waals surface area (Å²) in [6, 6.07) is 43.2. The van der Waals surface area contributed by atoms with Crippen LogP contribution in [0, 0.1) is 0 Å². The van der Waals surface area contributed by atoms with Crippen LogP contribution in [0.15, 0.2) is 139 Å². The zero-order valence-electron chi connectivity index (χ0n) is 25.0. The van der Waals surface area contributed by atoms with E-state index in [0.29, 0.717) is 0 Å². The van der Waals surface area contributed by atoms with Crippen molar-refractivity contribution < 1.29 is 0 Å². The third kappa shape index (κ3) is 4.79. The van der Waals surface area contributed by atoms with Gasteiger partial charge in [-0.3, -0.25) is 4.99 Å². The standard InChI is InChI=1S/C42H31N3/c1-3-27-26-37(35-11-7-8-12-36(35)42(27)43-4-2)41-22-18-34-25-31(16-20-40(34)45-41)30-15-19-38-33(24-30)17-21-39(44-38)32-14-13-28-9-5-6-10-29(28)23-32/h3-26,41,45H,1H2,2H3. The minimum atomic E-state index is 0.0372. The summed E-state index contributed by atoms with van der Waals surface area (Å²) in [5.74, 6) is 0. The van der Waals surface area contributed by atoms with Gasteiger partial charge in [-0.1, -0.05) is 104 Å². The molecule has 1 atom stereocenters. The molecule has 2 heterocycles. The Morgan fingerprint density at radius 3 is 2.31 bits per heavy atom. The summed E-state index contributed by atoms with van der Waals surface area (Å²) in [6.07, 6.45) is 8.23. The first-order valence-corrected chi connectivity index (χ1v) is 15.3. The Morgan fingerprint density at radius 2 is 1.44 bits per heavy atom. The molecular weight excluding hydrogens is 546 g/mol. The van der Waals surface area contributed by atoms with Crippen LogP contribution in [0.25, 0.3) is 67.0 Å². The third-order valence-corrected chi connectivity index (χ3v) is 8.79. The minimum absolute atomic E-state index is 0.0372. The fourth-order valence-corrected chi connectivity index (χ4v) is 6.52. The van der Waals surface area contributed by atoms with E-state index in [0.717, 1.165) is 44.5 Å². The lowest BCUT2D eigenvalue weighted by Crippen LogP contribution is -2.13. The van der Waals surface area contributed by atoms with Crippen molar-refractivity contribution in [2.24, 2.45) is 4.99 Å². The number of hydrogen-bond donors (Lipinski definition) is 1. The molecule has 6 aromatic carbocycles. The van der Waals surface area contributed by atoms with Gasteiger partial charge >= 0.3 is 0 Å². The van der Waals surface area contributed by atoms with Gasteiger partial charge in [0.15, 0.2) is 0 Å². The molecule has 214 valence electrons. The Hall–Kier alpha value is -5.80. The number of benzene rings is 6. The molecule has 0 bridgehead atoms. The van der Waals surface area contributed by atoms with Gasteiger partial charge in [0, 0.05) is 33.8 Å². The van der Waals surface area contributed by atoms with Crippen molar-refractivity contribution in [3.63, 3.8) is 0 Å². The highest BCUT2D eigenvalue weighted by molar-refractivity contribution is 6.00. The van der Waals surface area contributed by atoms with Crippen LogP contribution in [0.5, 0.6) is 0 Å². The van der Waals surface area contributed by atoms with Crippen molar-refractivity contribution in [3.8, 4) is 22.4 Å². The lowest BCUT2D eigenvalue weighted by molar-refractivity contribution is 0.990. The Bertz CT molecular complexity index is 2340. The number of aromatic nitrogens is 1. The Kier molecular flexibility index (Phi) is 6.57. The summed E-state index contributed by atoms with van der Waals surface area (Å²) in [6.45, 7) is 6.02. The molecule has 7 aromatic rings. The highest BCUT2D eigenvalue weighted by atomic mass is 14.9. The van der Waals surface area contributed by atoms with Gasteiger partial charge in [0.1, 0.15) is 0 Å². The minimum Gasteiger partial charge on any atom is -0.374 e. The molecule has 0 radical (unpaired) electrons. The van der Waals surface area contributed by atoms with Crippen LogP contribution >= 0.6 is 0 Å². The van der Waals surface area contributed by atoms with E-state index >= 15 is 0 Å². The number of aliphatic imine (C=N–C) groups is 1. The van der Waals surface area contributed by atoms with E-state index < -0.39 is 0 Å². The van der Waals surface area contributed by atoms with Crippen LogP contribution in [0.3, 0.4) is 0 Å². The van der Waals surface area contributed by atoms with E-state index in [2.05, 4.69) is 150 Å². The van der Waals surface area contributed by atoms with Crippen molar-refractivity contribution >= 4 is 62.2 Å². The van der Waals surface area contributed by atoms with Crippen molar-refractivity contribution in [1.82, 2.24) is 4.98 Å². The molecule has 1 aliphatic rings. The summed E-state index contributed by atoms with van der Waals surface area (Å²) in [5.41, 5.74) is 11.0. The normalized spacial score (nSPS) is 14.2. The maximum absolute atomic E-state index is 5.01. The van der Waals surface area contributed by atoms with Gasteiger partial charge in [0.2, 0.25) is 0 Å². The van der Waals surface area contributed by atoms with E-state index in [-0.39, 0.29) is 6.04 Å². The van der Waals surface area contributed by atoms with Gasteiger partial charge < -0.3 is 5.32 Å². The largest absolute Gasteiger partial charge is 0.374 e. The van der Waals surface area contributed by atoms with E-state index in [9.17, 15) is 0 Å². The summed E-state index contributed by atoms with van der Waals surface area (Å²) in [4.78, 5) is 9.68. The van der Waals surface area contributed by atoms with Gasteiger partial charge in [-0.2, -0.15) is 0 Å². The van der Waals surface area contributed by atoms with Gasteiger partial charge in [-0.15, -0.1) is 0 Å². The molecule has 1 aromatic heterocycles. The summed E-state index contributed by atoms with van der Waals surface area (Å²) in [5, 5.41) is 9.70. The molecule has 1 aliphatic heterocycles. The predicted molar refractivity (Wildman–Crippen MR) is 193 cm³/mol. The second-order valence-corrected chi connectivity index (χ2v) is 11.5. The van der Waals surface area contributed by atoms with Gasteiger partial charge in [-0.05, 0) is 87.8 Å². The molecule has 0 spiro atoms. The zero-order valence-corrected chi connectivity index (χ0v) is 25.0. The van der Waals surface area contributed by atoms with Crippen LogP contribution in [0.4, 0.5) is 11.4 Å². The maximum Gasteiger partial charge on any atom is 0.0776 e. The average Bonchev–Trinajstić information content (AvgIpc) is 3.10. The SMILES string of the molecule is C=Cc1cc(C2C=Cc3cc(-c4ccc5nc(-c6ccc7ccccc7c6)ccc5c4)ccc3N2)c2ccccc2c1N=CC. The predicted octanol–water partition coefficient (Wildman–Crippen LogP) is 11.4. The molecule has 45 heavy (non-hydrogen) atoms. The van der Waals surface area contributed by atoms with Crippen molar-refractivity contribution in [2.75, 3.05) is 5.32 Å². The average molecular weight is 578 g/mol. The highest BCUT2D eigenvalue weighted by Gasteiger charge is 2.20. The summed E-state index contributed by atoms with van der Waals surface area (Å²) >= 11 is 0. The quantitative estimate of drug-likeness (QED) is 0.207. The third-order valence-electron chi connectivity index (χ3n) is 8.79. The molecule has 0 aliphatic carbocycles. The van der Waals surface area contributed by atoms with E-state index in [1.54, 1.807) is 0 Å². The molecule has 3 heteroatoms. The topological polar surface area (TPSA) is 37.3 Å². The molecule has 0 saturated carbocycles. The molecule has 0 fully saturated rings. The molecule has 0 saturated heterocycles. The monoisotopic (exact) mass is 577 g/mol. The molecular formula is C42H31N3. The number of fused-ring (bicyclic) bond motifs is 4. The van der Waals surface area contributed by atoms with Crippen LogP contribution in [0.1, 0.15) is 29.7 Å². The second kappa shape index (κ2) is 11.0. The maximum atomic E-state index is 5.01. The van der Waals surface area contributed by atoms with Gasteiger partial charge in [-0.25, -0.2) is 4.98 Å². The molecule has 1 N–H and O–H groups in total. The summed E-state index contributed by atoms with van der Waals surface area (Å²) in [7, 11) is 0. The van der Waals surface area contributed by atoms with Crippen LogP contribution in [-0.4, -0.2) is 11.2 Å². The lowest BCUT2D eigenvalue weighted by atomic mass is 9.91. The number of hydrogen-bond acceptors (Lipinski definition) is 3. The molecule has 0 amide bonds. The fourth-order valence-electron chi connectivity index (χ4n) is 6.52. The lowest BCUT2D eigenvalue weighted by Gasteiger charge is -2.25. The van der Waals surface area contributed by atoms with Crippen molar-refractivity contribution in [2.45, 2.75) is 13.0 Å². The second-order valence-electron chi connectivity index (χ2n) is 11.5. The number of nitrogens with one attached hydrogen (secondary N) is 1. The van der Waals surface area contributed by atoms with E-state index in [4.69, 9.17) is 4.98 Å². The number of anilines is 1. The smallest absolute Gasteiger partial charge is 0.0776 e. The molecule has 3 nitrogen and oxygen atoms in total. The Labute approximate surface area is 262 Å².